The zero-order valence-electron chi connectivity index (χ0n) is 15.1. The van der Waals surface area contributed by atoms with Crippen molar-refractivity contribution < 1.29 is 9.18 Å². The van der Waals surface area contributed by atoms with Gasteiger partial charge in [0.1, 0.15) is 11.5 Å². The Morgan fingerprint density at radius 3 is 2.56 bits per heavy atom. The van der Waals surface area contributed by atoms with Crippen molar-refractivity contribution in [2.75, 3.05) is 23.3 Å². The SMILES string of the molecule is Cc1cc(-c2cc(C(=O)Nc3ccc(N4CCCC4)cc3)[nH]n2)ccc1F. The minimum atomic E-state index is -0.262. The number of anilines is 2. The van der Waals surface area contributed by atoms with Crippen LogP contribution in [0.5, 0.6) is 0 Å². The van der Waals surface area contributed by atoms with E-state index in [0.29, 0.717) is 17.0 Å². The number of aryl methyl sites for hydroxylation is 1. The first kappa shape index (κ1) is 17.3. The Labute approximate surface area is 157 Å². The minimum Gasteiger partial charge on any atom is -0.372 e. The van der Waals surface area contributed by atoms with Crippen LogP contribution < -0.4 is 10.2 Å². The average Bonchev–Trinajstić information content (AvgIpc) is 3.36. The Morgan fingerprint density at radius 1 is 1.11 bits per heavy atom. The highest BCUT2D eigenvalue weighted by Gasteiger charge is 2.14. The molecule has 1 saturated heterocycles. The molecule has 1 aliphatic rings. The van der Waals surface area contributed by atoms with Gasteiger partial charge in [-0.05, 0) is 73.9 Å². The Balaban J connectivity index is 1.45. The average molecular weight is 364 g/mol. The van der Waals surface area contributed by atoms with E-state index in [9.17, 15) is 9.18 Å². The molecule has 4 rings (SSSR count). The number of rotatable bonds is 4. The summed E-state index contributed by atoms with van der Waals surface area (Å²) in [7, 11) is 0. The fourth-order valence-corrected chi connectivity index (χ4v) is 3.32. The number of benzene rings is 2. The fourth-order valence-electron chi connectivity index (χ4n) is 3.32. The molecule has 1 amide bonds. The molecule has 27 heavy (non-hydrogen) atoms. The largest absolute Gasteiger partial charge is 0.372 e. The predicted octanol–water partition coefficient (Wildman–Crippen LogP) is 4.38. The van der Waals surface area contributed by atoms with E-state index in [0.717, 1.165) is 24.3 Å². The van der Waals surface area contributed by atoms with Crippen LogP contribution in [0.2, 0.25) is 0 Å². The Hall–Kier alpha value is -3.15. The van der Waals surface area contributed by atoms with Gasteiger partial charge in [0.05, 0.1) is 5.69 Å². The first-order valence-electron chi connectivity index (χ1n) is 9.08. The fraction of sp³-hybridized carbons (Fsp3) is 0.238. The van der Waals surface area contributed by atoms with Crippen LogP contribution in [-0.2, 0) is 0 Å². The molecule has 0 saturated carbocycles. The van der Waals surface area contributed by atoms with Crippen molar-refractivity contribution in [1.82, 2.24) is 10.2 Å². The van der Waals surface area contributed by atoms with Gasteiger partial charge in [-0.25, -0.2) is 4.39 Å². The van der Waals surface area contributed by atoms with E-state index in [2.05, 4.69) is 20.4 Å². The lowest BCUT2D eigenvalue weighted by atomic mass is 10.1. The predicted molar refractivity (Wildman–Crippen MR) is 105 cm³/mol. The van der Waals surface area contributed by atoms with Crippen molar-refractivity contribution in [3.05, 3.63) is 65.6 Å². The molecule has 138 valence electrons. The Kier molecular flexibility index (Phi) is 4.62. The number of carbonyl (C=O) groups is 1. The Bertz CT molecular complexity index is 959. The monoisotopic (exact) mass is 364 g/mol. The second kappa shape index (κ2) is 7.23. The number of H-pyrrole nitrogens is 1. The third kappa shape index (κ3) is 3.69. The number of carbonyl (C=O) groups excluding carboxylic acids is 1. The van der Waals surface area contributed by atoms with Crippen molar-refractivity contribution >= 4 is 17.3 Å². The molecule has 0 radical (unpaired) electrons. The molecule has 2 aromatic carbocycles. The molecule has 1 fully saturated rings. The lowest BCUT2D eigenvalue weighted by molar-refractivity contribution is 0.102. The number of aromatic nitrogens is 2. The van der Waals surface area contributed by atoms with Gasteiger partial charge in [-0.3, -0.25) is 9.89 Å². The molecule has 1 aromatic heterocycles. The van der Waals surface area contributed by atoms with E-state index >= 15 is 0 Å². The zero-order valence-corrected chi connectivity index (χ0v) is 15.1. The summed E-state index contributed by atoms with van der Waals surface area (Å²) in [5.74, 6) is -0.522. The van der Waals surface area contributed by atoms with Gasteiger partial charge in [0.15, 0.2) is 0 Å². The van der Waals surface area contributed by atoms with Gasteiger partial charge in [0.25, 0.3) is 5.91 Å². The van der Waals surface area contributed by atoms with Crippen molar-refractivity contribution in [2.45, 2.75) is 19.8 Å². The molecule has 0 bridgehead atoms. The van der Waals surface area contributed by atoms with Crippen LogP contribution in [0.1, 0.15) is 28.9 Å². The van der Waals surface area contributed by atoms with E-state index < -0.39 is 0 Å². The second-order valence-electron chi connectivity index (χ2n) is 6.83. The van der Waals surface area contributed by atoms with E-state index in [1.807, 2.05) is 24.3 Å². The van der Waals surface area contributed by atoms with Crippen molar-refractivity contribution in [3.63, 3.8) is 0 Å². The van der Waals surface area contributed by atoms with Gasteiger partial charge in [0.2, 0.25) is 0 Å². The molecule has 0 spiro atoms. The van der Waals surface area contributed by atoms with E-state index in [-0.39, 0.29) is 11.7 Å². The van der Waals surface area contributed by atoms with Crippen molar-refractivity contribution in [2.24, 2.45) is 0 Å². The molecule has 2 heterocycles. The molecule has 0 aliphatic carbocycles. The van der Waals surface area contributed by atoms with Crippen LogP contribution in [0.3, 0.4) is 0 Å². The molecule has 0 unspecified atom stereocenters. The summed E-state index contributed by atoms with van der Waals surface area (Å²) in [4.78, 5) is 14.8. The van der Waals surface area contributed by atoms with Gasteiger partial charge >= 0.3 is 0 Å². The van der Waals surface area contributed by atoms with Crippen LogP contribution in [0, 0.1) is 12.7 Å². The van der Waals surface area contributed by atoms with Crippen LogP contribution in [-0.4, -0.2) is 29.2 Å². The number of halogens is 1. The molecule has 6 heteroatoms. The molecule has 0 atom stereocenters. The molecule has 3 aromatic rings. The van der Waals surface area contributed by atoms with Crippen molar-refractivity contribution in [1.29, 1.82) is 0 Å². The molecular weight excluding hydrogens is 343 g/mol. The Morgan fingerprint density at radius 2 is 1.85 bits per heavy atom. The summed E-state index contributed by atoms with van der Waals surface area (Å²) in [6.07, 6.45) is 2.46. The van der Waals surface area contributed by atoms with Crippen LogP contribution in [0.4, 0.5) is 15.8 Å². The van der Waals surface area contributed by atoms with Crippen molar-refractivity contribution in [3.8, 4) is 11.3 Å². The van der Waals surface area contributed by atoms with Gasteiger partial charge in [-0.15, -0.1) is 0 Å². The van der Waals surface area contributed by atoms with E-state index in [1.54, 1.807) is 25.1 Å². The van der Waals surface area contributed by atoms with Gasteiger partial charge in [-0.1, -0.05) is 0 Å². The van der Waals surface area contributed by atoms with Gasteiger partial charge < -0.3 is 10.2 Å². The van der Waals surface area contributed by atoms with Crippen LogP contribution in [0.15, 0.2) is 48.5 Å². The van der Waals surface area contributed by atoms with Crippen LogP contribution >= 0.6 is 0 Å². The molecule has 1 aliphatic heterocycles. The molecular formula is C21H21FN4O. The maximum absolute atomic E-state index is 13.4. The summed E-state index contributed by atoms with van der Waals surface area (Å²) in [5.41, 5.74) is 4.18. The summed E-state index contributed by atoms with van der Waals surface area (Å²) in [5, 5.41) is 9.79. The van der Waals surface area contributed by atoms with E-state index in [4.69, 9.17) is 0 Å². The smallest absolute Gasteiger partial charge is 0.273 e. The first-order chi connectivity index (χ1) is 13.1. The van der Waals surface area contributed by atoms with Crippen LogP contribution in [0.25, 0.3) is 11.3 Å². The van der Waals surface area contributed by atoms with Gasteiger partial charge in [0, 0.05) is 30.0 Å². The minimum absolute atomic E-state index is 0.260. The number of nitrogens with zero attached hydrogens (tertiary/aromatic N) is 2. The highest BCUT2D eigenvalue weighted by Crippen LogP contribution is 2.23. The third-order valence-electron chi connectivity index (χ3n) is 4.87. The zero-order chi connectivity index (χ0) is 18.8. The summed E-state index contributed by atoms with van der Waals surface area (Å²) >= 11 is 0. The quantitative estimate of drug-likeness (QED) is 0.722. The lowest BCUT2D eigenvalue weighted by Gasteiger charge is -2.17. The third-order valence-corrected chi connectivity index (χ3v) is 4.87. The summed E-state index contributed by atoms with van der Waals surface area (Å²) in [6.45, 7) is 3.88. The topological polar surface area (TPSA) is 61.0 Å². The number of aromatic amines is 1. The number of nitrogens with one attached hydrogen (secondary N) is 2. The van der Waals surface area contributed by atoms with Gasteiger partial charge in [-0.2, -0.15) is 5.10 Å². The number of hydrogen-bond acceptors (Lipinski definition) is 3. The molecule has 2 N–H and O–H groups in total. The normalized spacial score (nSPS) is 13.8. The summed E-state index contributed by atoms with van der Waals surface area (Å²) < 4.78 is 13.4. The second-order valence-corrected chi connectivity index (χ2v) is 6.83. The maximum Gasteiger partial charge on any atom is 0.273 e. The highest BCUT2D eigenvalue weighted by atomic mass is 19.1. The molecule has 5 nitrogen and oxygen atoms in total. The number of amides is 1. The highest BCUT2D eigenvalue weighted by molar-refractivity contribution is 6.03. The number of hydrogen-bond donors (Lipinski definition) is 2. The first-order valence-corrected chi connectivity index (χ1v) is 9.08. The maximum atomic E-state index is 13.4. The standard InChI is InChI=1S/C21H21FN4O/c1-14-12-15(4-9-18(14)22)19-13-20(25-24-19)21(27)23-16-5-7-17(8-6-16)26-10-2-3-11-26/h4-9,12-13H,2-3,10-11H2,1H3,(H,23,27)(H,24,25). The lowest BCUT2D eigenvalue weighted by Crippen LogP contribution is -2.17. The summed E-state index contributed by atoms with van der Waals surface area (Å²) in [6, 6.07) is 14.3. The van der Waals surface area contributed by atoms with E-state index in [1.165, 1.54) is 24.6 Å².